The lowest BCUT2D eigenvalue weighted by molar-refractivity contribution is -0.0264. The first-order valence-electron chi connectivity index (χ1n) is 6.68. The summed E-state index contributed by atoms with van der Waals surface area (Å²) >= 11 is 0. The molecule has 0 bridgehead atoms. The number of hydrogen-bond acceptors (Lipinski definition) is 5. The number of rotatable bonds is 3. The minimum Gasteiger partial charge on any atom is -0.367 e. The molecule has 3 rings (SSSR count). The van der Waals surface area contributed by atoms with Crippen molar-refractivity contribution in [3.63, 3.8) is 0 Å². The lowest BCUT2D eigenvalue weighted by atomic mass is 10.1. The molecule has 0 N–H and O–H groups in total. The molecule has 112 valence electrons. The highest BCUT2D eigenvalue weighted by molar-refractivity contribution is 5.21. The van der Waals surface area contributed by atoms with Gasteiger partial charge in [0, 0.05) is 18.7 Å². The van der Waals surface area contributed by atoms with E-state index in [9.17, 15) is 8.78 Å². The van der Waals surface area contributed by atoms with Gasteiger partial charge in [0.1, 0.15) is 17.7 Å². The van der Waals surface area contributed by atoms with E-state index in [2.05, 4.69) is 15.0 Å². The summed E-state index contributed by atoms with van der Waals surface area (Å²) in [4.78, 5) is 6.32. The molecular formula is C14H15F2N3O2. The summed E-state index contributed by atoms with van der Waals surface area (Å²) in [6, 6.07) is 3.29. The summed E-state index contributed by atoms with van der Waals surface area (Å²) in [5.74, 6) is -0.312. The number of ether oxygens (including phenoxy) is 1. The molecule has 21 heavy (non-hydrogen) atoms. The molecule has 1 aromatic carbocycles. The Kier molecular flexibility index (Phi) is 3.94. The molecule has 1 saturated heterocycles. The first-order valence-corrected chi connectivity index (χ1v) is 6.68. The molecule has 0 amide bonds. The fraction of sp³-hybridized carbons (Fsp3) is 0.429. The average molecular weight is 295 g/mol. The summed E-state index contributed by atoms with van der Waals surface area (Å²) in [6.45, 7) is 2.13. The summed E-state index contributed by atoms with van der Waals surface area (Å²) in [7, 11) is 1.98. The van der Waals surface area contributed by atoms with E-state index >= 15 is 0 Å². The van der Waals surface area contributed by atoms with Crippen molar-refractivity contribution in [2.75, 3.05) is 26.7 Å². The van der Waals surface area contributed by atoms with E-state index in [1.54, 1.807) is 0 Å². The molecule has 0 saturated carbocycles. The maximum absolute atomic E-state index is 13.6. The first kappa shape index (κ1) is 14.1. The van der Waals surface area contributed by atoms with E-state index in [1.165, 1.54) is 0 Å². The van der Waals surface area contributed by atoms with Gasteiger partial charge in [-0.1, -0.05) is 5.16 Å². The third kappa shape index (κ3) is 3.25. The van der Waals surface area contributed by atoms with Gasteiger partial charge < -0.3 is 14.2 Å². The van der Waals surface area contributed by atoms with Crippen molar-refractivity contribution >= 4 is 0 Å². The van der Waals surface area contributed by atoms with Gasteiger partial charge in [0.15, 0.2) is 0 Å². The average Bonchev–Trinajstić information content (AvgIpc) is 2.91. The quantitative estimate of drug-likeness (QED) is 0.866. The summed E-state index contributed by atoms with van der Waals surface area (Å²) in [5.41, 5.74) is 0.187. The largest absolute Gasteiger partial charge is 0.367 e. The van der Waals surface area contributed by atoms with Crippen LogP contribution in [0.1, 0.15) is 23.4 Å². The third-order valence-electron chi connectivity index (χ3n) is 3.39. The lowest BCUT2D eigenvalue weighted by Gasteiger charge is -2.27. The Morgan fingerprint density at radius 1 is 1.38 bits per heavy atom. The number of likely N-dealkylation sites (N-methyl/N-ethyl adjacent to an activating group) is 1. The van der Waals surface area contributed by atoms with Gasteiger partial charge in [-0.05, 0) is 25.2 Å². The van der Waals surface area contributed by atoms with Gasteiger partial charge in [0.2, 0.25) is 11.7 Å². The molecule has 7 heteroatoms. The molecule has 0 aliphatic carbocycles. The van der Waals surface area contributed by atoms with Crippen molar-refractivity contribution in [2.45, 2.75) is 12.5 Å². The molecule has 2 heterocycles. The summed E-state index contributed by atoms with van der Waals surface area (Å²) < 4.78 is 37.4. The van der Waals surface area contributed by atoms with Crippen LogP contribution in [0.5, 0.6) is 0 Å². The van der Waals surface area contributed by atoms with E-state index in [-0.39, 0.29) is 24.0 Å². The molecule has 1 unspecified atom stereocenters. The monoisotopic (exact) mass is 295 g/mol. The number of aromatic nitrogens is 2. The Hall–Kier alpha value is -1.86. The van der Waals surface area contributed by atoms with Crippen LogP contribution in [0, 0.1) is 11.6 Å². The van der Waals surface area contributed by atoms with E-state index < -0.39 is 11.6 Å². The van der Waals surface area contributed by atoms with E-state index in [0.29, 0.717) is 19.0 Å². The molecule has 1 aromatic heterocycles. The molecular weight excluding hydrogens is 280 g/mol. The zero-order chi connectivity index (χ0) is 14.8. The molecule has 1 fully saturated rings. The molecule has 0 radical (unpaired) electrons. The SMILES string of the molecule is CN1CCOC(c2noc(Cc3cc(F)ccc3F)n2)C1. The molecule has 1 aliphatic heterocycles. The lowest BCUT2D eigenvalue weighted by Crippen LogP contribution is -2.35. The Morgan fingerprint density at radius 3 is 3.05 bits per heavy atom. The van der Waals surface area contributed by atoms with Crippen LogP contribution in [0.2, 0.25) is 0 Å². The van der Waals surface area contributed by atoms with Crippen LogP contribution in [-0.2, 0) is 11.2 Å². The predicted octanol–water partition coefficient (Wildman–Crippen LogP) is 1.94. The van der Waals surface area contributed by atoms with Gasteiger partial charge in [-0.2, -0.15) is 4.98 Å². The first-order chi connectivity index (χ1) is 10.1. The molecule has 0 spiro atoms. The molecule has 1 aliphatic rings. The fourth-order valence-corrected chi connectivity index (χ4v) is 2.25. The number of morpholine rings is 1. The van der Waals surface area contributed by atoms with Gasteiger partial charge >= 0.3 is 0 Å². The van der Waals surface area contributed by atoms with Gasteiger partial charge in [0.25, 0.3) is 0 Å². The van der Waals surface area contributed by atoms with E-state index in [4.69, 9.17) is 9.26 Å². The highest BCUT2D eigenvalue weighted by Crippen LogP contribution is 2.20. The zero-order valence-electron chi connectivity index (χ0n) is 11.6. The topological polar surface area (TPSA) is 51.4 Å². The van der Waals surface area contributed by atoms with Crippen molar-refractivity contribution in [1.82, 2.24) is 15.0 Å². The van der Waals surface area contributed by atoms with E-state index in [0.717, 1.165) is 24.7 Å². The highest BCUT2D eigenvalue weighted by Gasteiger charge is 2.24. The van der Waals surface area contributed by atoms with E-state index in [1.807, 2.05) is 7.05 Å². The van der Waals surface area contributed by atoms with Gasteiger partial charge in [0.05, 0.1) is 13.0 Å². The Balaban J connectivity index is 1.74. The van der Waals surface area contributed by atoms with Crippen LogP contribution in [0.4, 0.5) is 8.78 Å². The second-order valence-electron chi connectivity index (χ2n) is 5.08. The second kappa shape index (κ2) is 5.87. The van der Waals surface area contributed by atoms with Gasteiger partial charge in [-0.15, -0.1) is 0 Å². The molecule has 2 aromatic rings. The number of halogens is 2. The van der Waals surface area contributed by atoms with Crippen molar-refractivity contribution < 1.29 is 18.0 Å². The number of hydrogen-bond donors (Lipinski definition) is 0. The van der Waals surface area contributed by atoms with Crippen LogP contribution in [0.15, 0.2) is 22.7 Å². The minimum atomic E-state index is -0.497. The summed E-state index contributed by atoms with van der Waals surface area (Å²) in [6.07, 6.45) is -0.197. The second-order valence-corrected chi connectivity index (χ2v) is 5.08. The maximum atomic E-state index is 13.6. The van der Waals surface area contributed by atoms with Crippen LogP contribution < -0.4 is 0 Å². The predicted molar refractivity (Wildman–Crippen MR) is 69.7 cm³/mol. The van der Waals surface area contributed by atoms with Crippen molar-refractivity contribution in [2.24, 2.45) is 0 Å². The Bertz CT molecular complexity index is 632. The molecule has 1 atom stereocenters. The number of nitrogens with zero attached hydrogens (tertiary/aromatic N) is 3. The Labute approximate surface area is 120 Å². The zero-order valence-corrected chi connectivity index (χ0v) is 11.6. The smallest absolute Gasteiger partial charge is 0.231 e. The van der Waals surface area contributed by atoms with Crippen LogP contribution in [0.3, 0.4) is 0 Å². The van der Waals surface area contributed by atoms with Crippen molar-refractivity contribution in [1.29, 1.82) is 0 Å². The van der Waals surface area contributed by atoms with Crippen LogP contribution >= 0.6 is 0 Å². The normalized spacial score (nSPS) is 19.9. The maximum Gasteiger partial charge on any atom is 0.231 e. The van der Waals surface area contributed by atoms with Crippen LogP contribution in [0.25, 0.3) is 0 Å². The van der Waals surface area contributed by atoms with Gasteiger partial charge in [-0.25, -0.2) is 8.78 Å². The standard InChI is InChI=1S/C14H15F2N3O2/c1-19-4-5-20-12(8-19)14-17-13(21-18-14)7-9-6-10(15)2-3-11(9)16/h2-3,6,12H,4-5,7-8H2,1H3. The number of benzene rings is 1. The fourth-order valence-electron chi connectivity index (χ4n) is 2.25. The Morgan fingerprint density at radius 2 is 2.24 bits per heavy atom. The third-order valence-corrected chi connectivity index (χ3v) is 3.39. The van der Waals surface area contributed by atoms with Crippen molar-refractivity contribution in [3.05, 3.63) is 47.1 Å². The van der Waals surface area contributed by atoms with Gasteiger partial charge in [-0.3, -0.25) is 0 Å². The van der Waals surface area contributed by atoms with Crippen LogP contribution in [-0.4, -0.2) is 41.8 Å². The summed E-state index contributed by atoms with van der Waals surface area (Å²) in [5, 5.41) is 3.87. The van der Waals surface area contributed by atoms with Crippen molar-refractivity contribution in [3.8, 4) is 0 Å². The minimum absolute atomic E-state index is 0.0547. The highest BCUT2D eigenvalue weighted by atomic mass is 19.1. The molecule has 5 nitrogen and oxygen atoms in total.